The van der Waals surface area contributed by atoms with Crippen LogP contribution in [0.4, 0.5) is 0 Å². The summed E-state index contributed by atoms with van der Waals surface area (Å²) in [5.74, 6) is 0.0514. The highest BCUT2D eigenvalue weighted by molar-refractivity contribution is 6.31. The van der Waals surface area contributed by atoms with Crippen LogP contribution in [0.2, 0.25) is 5.02 Å². The van der Waals surface area contributed by atoms with Crippen molar-refractivity contribution in [1.82, 2.24) is 4.98 Å². The van der Waals surface area contributed by atoms with Crippen LogP contribution in [0.15, 0.2) is 48.8 Å². The Hall–Kier alpha value is -1.67. The molecule has 0 aliphatic carbocycles. The van der Waals surface area contributed by atoms with E-state index in [9.17, 15) is 4.79 Å². The van der Waals surface area contributed by atoms with Gasteiger partial charge >= 0.3 is 0 Å². The summed E-state index contributed by atoms with van der Waals surface area (Å²) in [6.07, 6.45) is 3.53. The molecular formula is C13H10ClNO. The summed E-state index contributed by atoms with van der Waals surface area (Å²) in [5.41, 5.74) is 1.46. The molecule has 80 valence electrons. The standard InChI is InChI=1S/C13H10ClNO/c14-12-6-7-15-9-11(12)8-13(16)10-4-2-1-3-5-10/h1-7,9H,8H2. The Morgan fingerprint density at radius 2 is 1.94 bits per heavy atom. The average Bonchev–Trinajstić information content (AvgIpc) is 2.33. The molecule has 1 heterocycles. The first-order chi connectivity index (χ1) is 7.77. The average molecular weight is 232 g/mol. The third kappa shape index (κ3) is 2.47. The SMILES string of the molecule is O=C(Cc1cnccc1Cl)c1ccccc1. The van der Waals surface area contributed by atoms with Crippen molar-refractivity contribution in [2.24, 2.45) is 0 Å². The number of rotatable bonds is 3. The number of carbonyl (C=O) groups is 1. The van der Waals surface area contributed by atoms with Crippen molar-refractivity contribution in [3.63, 3.8) is 0 Å². The number of benzene rings is 1. The van der Waals surface area contributed by atoms with E-state index >= 15 is 0 Å². The van der Waals surface area contributed by atoms with Crippen LogP contribution < -0.4 is 0 Å². The number of pyridine rings is 1. The van der Waals surface area contributed by atoms with Gasteiger partial charge in [0, 0.05) is 29.4 Å². The summed E-state index contributed by atoms with van der Waals surface area (Å²) in [7, 11) is 0. The van der Waals surface area contributed by atoms with Crippen molar-refractivity contribution in [3.8, 4) is 0 Å². The zero-order valence-electron chi connectivity index (χ0n) is 8.56. The first-order valence-electron chi connectivity index (χ1n) is 4.94. The second kappa shape index (κ2) is 4.90. The van der Waals surface area contributed by atoms with Gasteiger partial charge in [0.1, 0.15) is 0 Å². The maximum Gasteiger partial charge on any atom is 0.167 e. The lowest BCUT2D eigenvalue weighted by Gasteiger charge is -2.02. The fourth-order valence-electron chi connectivity index (χ4n) is 1.44. The van der Waals surface area contributed by atoms with E-state index in [-0.39, 0.29) is 12.2 Å². The highest BCUT2D eigenvalue weighted by Gasteiger charge is 2.08. The number of hydrogen-bond acceptors (Lipinski definition) is 2. The van der Waals surface area contributed by atoms with Gasteiger partial charge in [0.15, 0.2) is 5.78 Å². The molecule has 0 unspecified atom stereocenters. The van der Waals surface area contributed by atoms with Gasteiger partial charge in [-0.05, 0) is 11.6 Å². The number of halogens is 1. The van der Waals surface area contributed by atoms with E-state index in [2.05, 4.69) is 4.98 Å². The minimum absolute atomic E-state index is 0.0514. The fourth-order valence-corrected chi connectivity index (χ4v) is 1.61. The molecule has 0 fully saturated rings. The van der Waals surface area contributed by atoms with E-state index in [4.69, 9.17) is 11.6 Å². The lowest BCUT2D eigenvalue weighted by Crippen LogP contribution is -2.03. The molecule has 0 spiro atoms. The molecule has 0 aliphatic heterocycles. The van der Waals surface area contributed by atoms with Crippen molar-refractivity contribution in [1.29, 1.82) is 0 Å². The predicted octanol–water partition coefficient (Wildman–Crippen LogP) is 3.16. The fraction of sp³-hybridized carbons (Fsp3) is 0.0769. The van der Waals surface area contributed by atoms with Gasteiger partial charge in [0.2, 0.25) is 0 Å². The Kier molecular flexibility index (Phi) is 3.32. The number of carbonyl (C=O) groups excluding carboxylic acids is 1. The third-order valence-corrected chi connectivity index (χ3v) is 2.66. The van der Waals surface area contributed by atoms with Crippen LogP contribution in [0.5, 0.6) is 0 Å². The van der Waals surface area contributed by atoms with Crippen molar-refractivity contribution >= 4 is 17.4 Å². The molecule has 0 atom stereocenters. The second-order valence-corrected chi connectivity index (χ2v) is 3.84. The molecule has 0 aliphatic rings. The maximum absolute atomic E-state index is 11.9. The normalized spacial score (nSPS) is 10.1. The number of ketones is 1. The molecule has 0 bridgehead atoms. The Morgan fingerprint density at radius 1 is 1.19 bits per heavy atom. The van der Waals surface area contributed by atoms with Gasteiger partial charge in [-0.25, -0.2) is 0 Å². The largest absolute Gasteiger partial charge is 0.294 e. The van der Waals surface area contributed by atoms with Gasteiger partial charge in [0.25, 0.3) is 0 Å². The van der Waals surface area contributed by atoms with Crippen LogP contribution in [0, 0.1) is 0 Å². The van der Waals surface area contributed by atoms with Gasteiger partial charge < -0.3 is 0 Å². The first-order valence-corrected chi connectivity index (χ1v) is 5.32. The highest BCUT2D eigenvalue weighted by Crippen LogP contribution is 2.16. The number of Topliss-reactive ketones (excluding diaryl/α,β-unsaturated/α-hetero) is 1. The summed E-state index contributed by atoms with van der Waals surface area (Å²) in [6, 6.07) is 10.9. The summed E-state index contributed by atoms with van der Waals surface area (Å²) in [5, 5.41) is 0.583. The van der Waals surface area contributed by atoms with Crippen LogP contribution in [0.1, 0.15) is 15.9 Å². The van der Waals surface area contributed by atoms with Gasteiger partial charge in [-0.15, -0.1) is 0 Å². The first kappa shape index (κ1) is 10.8. The monoisotopic (exact) mass is 231 g/mol. The second-order valence-electron chi connectivity index (χ2n) is 3.43. The molecule has 0 amide bonds. The van der Waals surface area contributed by atoms with Crippen molar-refractivity contribution in [3.05, 3.63) is 64.9 Å². The zero-order valence-corrected chi connectivity index (χ0v) is 9.32. The molecule has 1 aromatic carbocycles. The maximum atomic E-state index is 11.9. The van der Waals surface area contributed by atoms with Gasteiger partial charge in [0.05, 0.1) is 0 Å². The van der Waals surface area contributed by atoms with Crippen LogP contribution in [0.3, 0.4) is 0 Å². The van der Waals surface area contributed by atoms with Gasteiger partial charge in [-0.3, -0.25) is 9.78 Å². The number of aromatic nitrogens is 1. The summed E-state index contributed by atoms with van der Waals surface area (Å²) >= 11 is 5.96. The highest BCUT2D eigenvalue weighted by atomic mass is 35.5. The Bertz CT molecular complexity index is 496. The smallest absolute Gasteiger partial charge is 0.167 e. The van der Waals surface area contributed by atoms with E-state index in [1.165, 1.54) is 0 Å². The Labute approximate surface area is 98.9 Å². The Morgan fingerprint density at radius 3 is 2.62 bits per heavy atom. The molecule has 3 heteroatoms. The minimum atomic E-state index is 0.0514. The third-order valence-electron chi connectivity index (χ3n) is 2.29. The molecular weight excluding hydrogens is 222 g/mol. The Balaban J connectivity index is 2.18. The van der Waals surface area contributed by atoms with E-state index in [1.807, 2.05) is 18.2 Å². The number of hydrogen-bond donors (Lipinski definition) is 0. The van der Waals surface area contributed by atoms with Gasteiger partial charge in [-0.2, -0.15) is 0 Å². The molecule has 0 N–H and O–H groups in total. The molecule has 2 rings (SSSR count). The van der Waals surface area contributed by atoms with Crippen molar-refractivity contribution in [2.75, 3.05) is 0 Å². The quantitative estimate of drug-likeness (QED) is 0.760. The minimum Gasteiger partial charge on any atom is -0.294 e. The van der Waals surface area contributed by atoms with Gasteiger partial charge in [-0.1, -0.05) is 41.9 Å². The van der Waals surface area contributed by atoms with Crippen molar-refractivity contribution in [2.45, 2.75) is 6.42 Å². The molecule has 2 nitrogen and oxygen atoms in total. The molecule has 2 aromatic rings. The van der Waals surface area contributed by atoms with Crippen LogP contribution in [0.25, 0.3) is 0 Å². The van der Waals surface area contributed by atoms with Crippen LogP contribution in [-0.2, 0) is 6.42 Å². The topological polar surface area (TPSA) is 30.0 Å². The predicted molar refractivity (Wildman–Crippen MR) is 63.7 cm³/mol. The molecule has 1 aromatic heterocycles. The summed E-state index contributed by atoms with van der Waals surface area (Å²) in [4.78, 5) is 15.8. The molecule has 16 heavy (non-hydrogen) atoms. The summed E-state index contributed by atoms with van der Waals surface area (Å²) < 4.78 is 0. The zero-order chi connectivity index (χ0) is 11.4. The lowest BCUT2D eigenvalue weighted by molar-refractivity contribution is 0.0993. The summed E-state index contributed by atoms with van der Waals surface area (Å²) in [6.45, 7) is 0. The number of nitrogens with zero attached hydrogens (tertiary/aromatic N) is 1. The van der Waals surface area contributed by atoms with Crippen LogP contribution >= 0.6 is 11.6 Å². The van der Waals surface area contributed by atoms with E-state index in [0.717, 1.165) is 5.56 Å². The van der Waals surface area contributed by atoms with E-state index in [0.29, 0.717) is 10.6 Å². The molecule has 0 saturated carbocycles. The van der Waals surface area contributed by atoms with E-state index in [1.54, 1.807) is 30.6 Å². The lowest BCUT2D eigenvalue weighted by atomic mass is 10.0. The molecule has 0 radical (unpaired) electrons. The van der Waals surface area contributed by atoms with E-state index < -0.39 is 0 Å². The van der Waals surface area contributed by atoms with Crippen molar-refractivity contribution < 1.29 is 4.79 Å². The van der Waals surface area contributed by atoms with Crippen LogP contribution in [-0.4, -0.2) is 10.8 Å². The molecule has 0 saturated heterocycles.